The predicted molar refractivity (Wildman–Crippen MR) is 104 cm³/mol. The molecule has 1 amide bonds. The zero-order valence-corrected chi connectivity index (χ0v) is 16.5. The van der Waals surface area contributed by atoms with Crippen LogP contribution in [0.2, 0.25) is 0 Å². The Kier molecular flexibility index (Phi) is 5.13. The van der Waals surface area contributed by atoms with Crippen LogP contribution in [0, 0.1) is 13.8 Å². The van der Waals surface area contributed by atoms with Crippen LogP contribution in [0.5, 0.6) is 11.5 Å². The minimum atomic E-state index is -0.831. The van der Waals surface area contributed by atoms with Crippen molar-refractivity contribution in [2.24, 2.45) is 0 Å². The zero-order chi connectivity index (χ0) is 19.7. The molecule has 0 radical (unpaired) electrons. The molecule has 2 aromatic heterocycles. The molecule has 0 aliphatic heterocycles. The summed E-state index contributed by atoms with van der Waals surface area (Å²) < 4.78 is 11.5. The number of fused-ring (bicyclic) bond motifs is 1. The Hall–Kier alpha value is -2.94. The molecule has 0 aliphatic carbocycles. The van der Waals surface area contributed by atoms with Gasteiger partial charge in [-0.25, -0.2) is 0 Å². The number of carbonyl (C=O) groups excluding carboxylic acids is 1. The quantitative estimate of drug-likeness (QED) is 0.722. The van der Waals surface area contributed by atoms with Crippen LogP contribution in [0.15, 0.2) is 23.0 Å². The summed E-state index contributed by atoms with van der Waals surface area (Å²) >= 11 is 1.42. The van der Waals surface area contributed by atoms with E-state index in [1.54, 1.807) is 25.1 Å². The maximum absolute atomic E-state index is 12.8. The second-order valence-electron chi connectivity index (χ2n) is 6.04. The van der Waals surface area contributed by atoms with Gasteiger partial charge < -0.3 is 14.8 Å². The number of methoxy groups -OCH3 is 2. The number of amides is 1. The second-order valence-corrected chi connectivity index (χ2v) is 7.24. The highest BCUT2D eigenvalue weighted by molar-refractivity contribution is 7.18. The lowest BCUT2D eigenvalue weighted by atomic mass is 10.2. The Balaban J connectivity index is 1.90. The van der Waals surface area contributed by atoms with Crippen LogP contribution in [0.1, 0.15) is 23.4 Å². The van der Waals surface area contributed by atoms with Gasteiger partial charge in [0.15, 0.2) is 16.3 Å². The van der Waals surface area contributed by atoms with Crippen LogP contribution < -0.4 is 20.3 Å². The smallest absolute Gasteiger partial charge is 0.279 e. The molecule has 1 N–H and O–H groups in total. The third kappa shape index (κ3) is 3.37. The Morgan fingerprint density at radius 3 is 2.59 bits per heavy atom. The fourth-order valence-corrected chi connectivity index (χ4v) is 3.67. The molecule has 0 fully saturated rings. The summed E-state index contributed by atoms with van der Waals surface area (Å²) in [5.41, 5.74) is 1.07. The third-order valence-electron chi connectivity index (χ3n) is 4.42. The molecule has 2 heterocycles. The Bertz CT molecular complexity index is 1070. The zero-order valence-electron chi connectivity index (χ0n) is 15.7. The van der Waals surface area contributed by atoms with Crippen LogP contribution in [0.4, 0.5) is 5.69 Å². The van der Waals surface area contributed by atoms with Gasteiger partial charge in [-0.3, -0.25) is 9.59 Å². The summed E-state index contributed by atoms with van der Waals surface area (Å²) in [6, 6.07) is 4.19. The molecule has 1 aromatic carbocycles. The van der Waals surface area contributed by atoms with E-state index in [0.717, 1.165) is 15.1 Å². The summed E-state index contributed by atoms with van der Waals surface area (Å²) in [6.45, 7) is 5.40. The fourth-order valence-electron chi connectivity index (χ4n) is 2.70. The van der Waals surface area contributed by atoms with Crippen LogP contribution >= 0.6 is 11.3 Å². The summed E-state index contributed by atoms with van der Waals surface area (Å²) in [5.74, 6) is 0.660. The third-order valence-corrected chi connectivity index (χ3v) is 5.51. The first-order valence-corrected chi connectivity index (χ1v) is 9.07. The Labute approximate surface area is 159 Å². The van der Waals surface area contributed by atoms with Gasteiger partial charge in [0.05, 0.1) is 19.6 Å². The lowest BCUT2D eigenvalue weighted by Crippen LogP contribution is -2.34. The molecule has 9 heteroatoms. The van der Waals surface area contributed by atoms with Gasteiger partial charge in [0, 0.05) is 16.6 Å². The minimum Gasteiger partial charge on any atom is -0.493 e. The summed E-state index contributed by atoms with van der Waals surface area (Å²) in [4.78, 5) is 27.0. The number of anilines is 1. The topological polar surface area (TPSA) is 95.3 Å². The molecule has 1 unspecified atom stereocenters. The number of aryl methyl sites for hydroxylation is 2. The van der Waals surface area contributed by atoms with Gasteiger partial charge in [-0.15, -0.1) is 16.4 Å². The lowest BCUT2D eigenvalue weighted by molar-refractivity contribution is -0.119. The number of nitrogens with one attached hydrogen (secondary N) is 1. The Morgan fingerprint density at radius 1 is 1.22 bits per heavy atom. The second kappa shape index (κ2) is 7.36. The van der Waals surface area contributed by atoms with Crippen molar-refractivity contribution in [3.63, 3.8) is 0 Å². The van der Waals surface area contributed by atoms with Crippen molar-refractivity contribution >= 4 is 33.1 Å². The van der Waals surface area contributed by atoms with E-state index in [1.165, 1.54) is 25.6 Å². The first kappa shape index (κ1) is 18.8. The fraction of sp³-hybridized carbons (Fsp3) is 0.333. The van der Waals surface area contributed by atoms with E-state index in [0.29, 0.717) is 27.4 Å². The van der Waals surface area contributed by atoms with E-state index in [1.807, 2.05) is 13.8 Å². The molecule has 142 valence electrons. The van der Waals surface area contributed by atoms with Gasteiger partial charge in [0.1, 0.15) is 6.04 Å². The molecule has 0 saturated heterocycles. The van der Waals surface area contributed by atoms with E-state index in [2.05, 4.69) is 15.6 Å². The molecule has 0 aliphatic rings. The van der Waals surface area contributed by atoms with E-state index in [9.17, 15) is 9.59 Å². The number of nitrogens with zero attached hydrogens (tertiary/aromatic N) is 3. The largest absolute Gasteiger partial charge is 0.493 e. The first-order chi connectivity index (χ1) is 12.9. The van der Waals surface area contributed by atoms with Crippen LogP contribution in [-0.2, 0) is 4.79 Å². The van der Waals surface area contributed by atoms with Crippen LogP contribution in [0.25, 0.3) is 10.2 Å². The first-order valence-electron chi connectivity index (χ1n) is 8.25. The molecule has 0 bridgehead atoms. The molecule has 0 spiro atoms. The highest BCUT2D eigenvalue weighted by Gasteiger charge is 2.22. The SMILES string of the molecule is COc1ccc(NC(=O)C(C)n2nnc3sc(C)c(C)c3c2=O)cc1OC. The lowest BCUT2D eigenvalue weighted by Gasteiger charge is -2.14. The number of rotatable bonds is 5. The molecule has 0 saturated carbocycles. The highest BCUT2D eigenvalue weighted by Crippen LogP contribution is 2.30. The normalized spacial score (nSPS) is 12.0. The van der Waals surface area contributed by atoms with Gasteiger partial charge in [0.2, 0.25) is 5.91 Å². The van der Waals surface area contributed by atoms with Gasteiger partial charge in [0.25, 0.3) is 5.56 Å². The maximum atomic E-state index is 12.8. The molecule has 27 heavy (non-hydrogen) atoms. The van der Waals surface area contributed by atoms with Crippen molar-refractivity contribution in [2.75, 3.05) is 19.5 Å². The standard InChI is InChI=1S/C18H20N4O4S/c1-9-11(3)27-17-15(9)18(24)22(21-20-17)10(2)16(23)19-12-6-7-13(25-4)14(8-12)26-5/h6-8,10H,1-5H3,(H,19,23). The van der Waals surface area contributed by atoms with Crippen molar-refractivity contribution in [1.82, 2.24) is 15.0 Å². The Morgan fingerprint density at radius 2 is 1.93 bits per heavy atom. The van der Waals surface area contributed by atoms with E-state index in [4.69, 9.17) is 9.47 Å². The summed E-state index contributed by atoms with van der Waals surface area (Å²) in [6.07, 6.45) is 0. The summed E-state index contributed by atoms with van der Waals surface area (Å²) in [5, 5.41) is 11.3. The van der Waals surface area contributed by atoms with Crippen molar-refractivity contribution in [3.8, 4) is 11.5 Å². The minimum absolute atomic E-state index is 0.322. The van der Waals surface area contributed by atoms with Crippen LogP contribution in [0.3, 0.4) is 0 Å². The molecule has 8 nitrogen and oxygen atoms in total. The molecule has 1 atom stereocenters. The van der Waals surface area contributed by atoms with Gasteiger partial charge in [-0.05, 0) is 38.5 Å². The van der Waals surface area contributed by atoms with Crippen molar-refractivity contribution < 1.29 is 14.3 Å². The van der Waals surface area contributed by atoms with E-state index >= 15 is 0 Å². The maximum Gasteiger partial charge on any atom is 0.279 e. The molecule has 3 aromatic rings. The van der Waals surface area contributed by atoms with Crippen molar-refractivity contribution in [3.05, 3.63) is 39.0 Å². The van der Waals surface area contributed by atoms with E-state index < -0.39 is 6.04 Å². The number of aromatic nitrogens is 3. The van der Waals surface area contributed by atoms with E-state index in [-0.39, 0.29) is 11.5 Å². The number of thiophene rings is 1. The van der Waals surface area contributed by atoms with Gasteiger partial charge in [-0.2, -0.15) is 4.68 Å². The monoisotopic (exact) mass is 388 g/mol. The number of hydrogen-bond donors (Lipinski definition) is 1. The van der Waals surface area contributed by atoms with Crippen LogP contribution in [-0.4, -0.2) is 35.1 Å². The number of carbonyl (C=O) groups is 1. The van der Waals surface area contributed by atoms with Crippen molar-refractivity contribution in [1.29, 1.82) is 0 Å². The number of ether oxygens (including phenoxy) is 2. The van der Waals surface area contributed by atoms with Crippen molar-refractivity contribution in [2.45, 2.75) is 26.8 Å². The highest BCUT2D eigenvalue weighted by atomic mass is 32.1. The number of benzene rings is 1. The number of hydrogen-bond acceptors (Lipinski definition) is 7. The molecular formula is C18H20N4O4S. The summed E-state index contributed by atoms with van der Waals surface area (Å²) in [7, 11) is 3.05. The average Bonchev–Trinajstić information content (AvgIpc) is 2.96. The predicted octanol–water partition coefficient (Wildman–Crippen LogP) is 2.69. The van der Waals surface area contributed by atoms with Gasteiger partial charge in [-0.1, -0.05) is 5.21 Å². The molecular weight excluding hydrogens is 368 g/mol. The average molecular weight is 388 g/mol. The molecule has 3 rings (SSSR count). The van der Waals surface area contributed by atoms with Gasteiger partial charge >= 0.3 is 0 Å².